The summed E-state index contributed by atoms with van der Waals surface area (Å²) in [5, 5.41) is 13.4. The molecule has 0 spiro atoms. The number of hydrogen-bond donors (Lipinski definition) is 1. The van der Waals surface area contributed by atoms with Crippen molar-refractivity contribution >= 4 is 30.4 Å². The lowest BCUT2D eigenvalue weighted by Gasteiger charge is -2.61. The van der Waals surface area contributed by atoms with Gasteiger partial charge in [0.15, 0.2) is 0 Å². The number of aliphatic hydroxyl groups is 1. The summed E-state index contributed by atoms with van der Waals surface area (Å²) in [6, 6.07) is 21.8. The van der Waals surface area contributed by atoms with Crippen molar-refractivity contribution in [2.45, 2.75) is 155 Å². The van der Waals surface area contributed by atoms with Crippen molar-refractivity contribution in [1.29, 1.82) is 0 Å². The molecule has 0 radical (unpaired) electrons. The Hall–Kier alpha value is -2.32. The van der Waals surface area contributed by atoms with Crippen molar-refractivity contribution < 1.29 is 28.6 Å². The lowest BCUT2D eigenvalue weighted by atomic mass is 9.44. The molecule has 7 heteroatoms. The fourth-order valence-corrected chi connectivity index (χ4v) is 17.8. The van der Waals surface area contributed by atoms with Crippen LogP contribution in [0.15, 0.2) is 60.7 Å². The van der Waals surface area contributed by atoms with E-state index in [1.165, 1.54) is 17.3 Å². The van der Waals surface area contributed by atoms with Gasteiger partial charge in [0, 0.05) is 31.3 Å². The first-order valence-corrected chi connectivity index (χ1v) is 22.1. The van der Waals surface area contributed by atoms with E-state index in [0.29, 0.717) is 18.1 Å². The predicted molar refractivity (Wildman–Crippen MR) is 208 cm³/mol. The summed E-state index contributed by atoms with van der Waals surface area (Å²) in [5.41, 5.74) is -1.66. The minimum Gasteiger partial charge on any atom is -0.462 e. The second kappa shape index (κ2) is 13.2. The molecule has 5 fully saturated rings. The number of carbonyl (C=O) groups excluding carboxylic acids is 2. The van der Waals surface area contributed by atoms with Crippen LogP contribution in [-0.2, 0) is 23.5 Å². The van der Waals surface area contributed by atoms with Crippen molar-refractivity contribution in [2.75, 3.05) is 0 Å². The van der Waals surface area contributed by atoms with Crippen LogP contribution < -0.4 is 10.4 Å². The van der Waals surface area contributed by atoms with Gasteiger partial charge in [-0.25, -0.2) is 0 Å². The zero-order valence-electron chi connectivity index (χ0n) is 33.2. The molecule has 6 nitrogen and oxygen atoms in total. The summed E-state index contributed by atoms with van der Waals surface area (Å²) in [5.74, 6) is 1.13. The van der Waals surface area contributed by atoms with Crippen molar-refractivity contribution in [3.63, 3.8) is 0 Å². The first kappa shape index (κ1) is 38.0. The van der Waals surface area contributed by atoms with Gasteiger partial charge in [-0.3, -0.25) is 9.59 Å². The third-order valence-electron chi connectivity index (χ3n) is 15.3. The van der Waals surface area contributed by atoms with Crippen LogP contribution in [-0.4, -0.2) is 54.7 Å². The molecule has 0 unspecified atom stereocenters. The van der Waals surface area contributed by atoms with Gasteiger partial charge < -0.3 is 19.0 Å². The summed E-state index contributed by atoms with van der Waals surface area (Å²) < 4.78 is 20.7. The SMILES string of the molecule is CC(=O)O[C@H]1C[C@H]2[C@@H]3CC(=O)[C@H]4C[C@@H](O[Si](c5ccccc5)(c5ccccc5)C(C)(C)C)CC[C@]4(C)[C@H]3CC[C@]2(C)[C@H]1[C@]1(C)CC[C@H](C(C)(C)O)O1. The van der Waals surface area contributed by atoms with E-state index in [1.54, 1.807) is 0 Å². The second-order valence-corrected chi connectivity index (χ2v) is 24.1. The first-order valence-electron chi connectivity index (χ1n) is 20.2. The van der Waals surface area contributed by atoms with Crippen LogP contribution in [0.1, 0.15) is 120 Å². The van der Waals surface area contributed by atoms with Gasteiger partial charge in [0.1, 0.15) is 11.9 Å². The van der Waals surface area contributed by atoms with E-state index < -0.39 is 19.5 Å². The molecular formula is C45H64O6Si. The van der Waals surface area contributed by atoms with Gasteiger partial charge in [0.25, 0.3) is 8.32 Å². The quantitative estimate of drug-likeness (QED) is 0.230. The van der Waals surface area contributed by atoms with E-state index in [4.69, 9.17) is 13.9 Å². The van der Waals surface area contributed by atoms with Crippen molar-refractivity contribution in [1.82, 2.24) is 0 Å². The van der Waals surface area contributed by atoms with Gasteiger partial charge in [0.2, 0.25) is 0 Å². The number of benzene rings is 2. The minimum atomic E-state index is -2.75. The maximum Gasteiger partial charge on any atom is 0.302 e. The molecule has 4 aliphatic carbocycles. The van der Waals surface area contributed by atoms with Crippen molar-refractivity contribution in [2.24, 2.45) is 40.4 Å². The van der Waals surface area contributed by atoms with E-state index in [-0.39, 0.29) is 63.8 Å². The number of esters is 1. The van der Waals surface area contributed by atoms with Crippen LogP contribution >= 0.6 is 0 Å². The highest BCUT2D eigenvalue weighted by molar-refractivity contribution is 6.99. The van der Waals surface area contributed by atoms with Crippen LogP contribution in [0.4, 0.5) is 0 Å². The third kappa shape index (κ3) is 6.08. The van der Waals surface area contributed by atoms with Crippen molar-refractivity contribution in [3.8, 4) is 0 Å². The first-order chi connectivity index (χ1) is 24.3. The molecular weight excluding hydrogens is 665 g/mol. The van der Waals surface area contributed by atoms with Gasteiger partial charge in [0.05, 0.1) is 17.3 Å². The number of ketones is 1. The van der Waals surface area contributed by atoms with Crippen molar-refractivity contribution in [3.05, 3.63) is 60.7 Å². The maximum absolute atomic E-state index is 14.7. The zero-order valence-corrected chi connectivity index (χ0v) is 34.2. The van der Waals surface area contributed by atoms with Gasteiger partial charge >= 0.3 is 5.97 Å². The summed E-state index contributed by atoms with van der Waals surface area (Å²) in [4.78, 5) is 27.2. The number of ether oxygens (including phenoxy) is 2. The molecule has 0 amide bonds. The molecule has 0 aromatic heterocycles. The average molecular weight is 729 g/mol. The predicted octanol–water partition coefficient (Wildman–Crippen LogP) is 8.02. The van der Waals surface area contributed by atoms with Gasteiger partial charge in [-0.1, -0.05) is 95.3 Å². The largest absolute Gasteiger partial charge is 0.462 e. The summed E-state index contributed by atoms with van der Waals surface area (Å²) in [6.07, 6.45) is 7.33. The Bertz CT molecular complexity index is 1590. The second-order valence-electron chi connectivity index (χ2n) is 19.8. The van der Waals surface area contributed by atoms with E-state index in [9.17, 15) is 14.7 Å². The average Bonchev–Trinajstić information content (AvgIpc) is 3.62. The standard InChI is InChI=1S/C45H64O6Si/c1-29(46)49-38-28-35-33-27-37(47)36-26-30(51-52(41(2,3)4,31-16-12-10-13-17-31)32-18-14-11-15-19-32)20-23-43(36,7)34(33)21-24-44(35,8)40(38)45(9)25-22-39(50-45)42(5,6)48/h10-19,30,33-36,38-40,48H,20-28H2,1-9H3/t30-,33+,34-,35-,36+,38-,39+,40-,43+,44-,45-/m0/s1. The number of Topliss-reactive ketones (excluding diaryl/α,β-unsaturated/α-hetero) is 1. The Kier molecular flexibility index (Phi) is 9.61. The Morgan fingerprint density at radius 2 is 1.42 bits per heavy atom. The molecule has 7 rings (SSSR count). The number of rotatable bonds is 7. The Morgan fingerprint density at radius 3 is 1.96 bits per heavy atom. The highest BCUT2D eigenvalue weighted by Crippen LogP contribution is 2.69. The molecule has 1 saturated heterocycles. The normalized spacial score (nSPS) is 39.4. The van der Waals surface area contributed by atoms with Gasteiger partial charge in [-0.2, -0.15) is 0 Å². The van der Waals surface area contributed by atoms with Crippen LogP contribution in [0, 0.1) is 40.4 Å². The van der Waals surface area contributed by atoms with Gasteiger partial charge in [-0.05, 0) is 116 Å². The Balaban J connectivity index is 1.17. The van der Waals surface area contributed by atoms with E-state index >= 15 is 0 Å². The number of fused-ring (bicyclic) bond motifs is 5. The van der Waals surface area contributed by atoms with Crippen LogP contribution in [0.2, 0.25) is 5.04 Å². The maximum atomic E-state index is 14.7. The highest BCUT2D eigenvalue weighted by Gasteiger charge is 2.69. The molecule has 1 heterocycles. The zero-order chi connectivity index (χ0) is 37.5. The van der Waals surface area contributed by atoms with E-state index in [0.717, 1.165) is 51.4 Å². The molecule has 1 N–H and O–H groups in total. The van der Waals surface area contributed by atoms with E-state index in [2.05, 4.69) is 102 Å². The molecule has 5 aliphatic rings. The molecule has 2 aromatic rings. The smallest absolute Gasteiger partial charge is 0.302 e. The molecule has 52 heavy (non-hydrogen) atoms. The van der Waals surface area contributed by atoms with Gasteiger partial charge in [-0.15, -0.1) is 0 Å². The van der Waals surface area contributed by atoms with Crippen LogP contribution in [0.25, 0.3) is 0 Å². The molecule has 2 aromatic carbocycles. The Morgan fingerprint density at radius 1 is 0.827 bits per heavy atom. The fourth-order valence-electron chi connectivity index (χ4n) is 13.0. The lowest BCUT2D eigenvalue weighted by molar-refractivity contribution is -0.188. The number of carbonyl (C=O) groups is 2. The summed E-state index contributed by atoms with van der Waals surface area (Å²) in [7, 11) is -2.75. The number of hydrogen-bond acceptors (Lipinski definition) is 6. The third-order valence-corrected chi connectivity index (χ3v) is 20.3. The van der Waals surface area contributed by atoms with Crippen LogP contribution in [0.5, 0.6) is 0 Å². The van der Waals surface area contributed by atoms with Crippen LogP contribution in [0.3, 0.4) is 0 Å². The summed E-state index contributed by atoms with van der Waals surface area (Å²) >= 11 is 0. The summed E-state index contributed by atoms with van der Waals surface area (Å²) in [6.45, 7) is 19.2. The monoisotopic (exact) mass is 728 g/mol. The Labute approximate surface area is 313 Å². The molecule has 1 aliphatic heterocycles. The lowest BCUT2D eigenvalue weighted by Crippen LogP contribution is -2.68. The molecule has 0 bridgehead atoms. The molecule has 11 atom stereocenters. The topological polar surface area (TPSA) is 82.1 Å². The molecule has 284 valence electrons. The van der Waals surface area contributed by atoms with E-state index in [1.807, 2.05) is 13.8 Å². The minimum absolute atomic E-state index is 0.0124. The molecule has 4 saturated carbocycles. The fraction of sp³-hybridized carbons (Fsp3) is 0.689. The highest BCUT2D eigenvalue weighted by atomic mass is 28.4.